The summed E-state index contributed by atoms with van der Waals surface area (Å²) in [6, 6.07) is 8.97. The van der Waals surface area contributed by atoms with Crippen LogP contribution in [0.2, 0.25) is 0 Å². The molecule has 1 aromatic carbocycles. The molecule has 0 aromatic heterocycles. The second-order valence-corrected chi connectivity index (χ2v) is 3.51. The van der Waals surface area contributed by atoms with Crippen LogP contribution in [0, 0.1) is 0 Å². The molecule has 2 heteroatoms. The molecule has 0 heterocycles. The zero-order chi connectivity index (χ0) is 9.10. The summed E-state index contributed by atoms with van der Waals surface area (Å²) in [5, 5.41) is 3.47. The number of benzene rings is 1. The smallest absolute Gasteiger partial charge is 0.119 e. The molecule has 1 aliphatic rings. The molecule has 2 rings (SSSR count). The monoisotopic (exact) mass is 177 g/mol. The Morgan fingerprint density at radius 1 is 1.46 bits per heavy atom. The van der Waals surface area contributed by atoms with Gasteiger partial charge >= 0.3 is 0 Å². The fraction of sp³-hybridized carbons (Fsp3) is 0.455. The lowest BCUT2D eigenvalue weighted by Gasteiger charge is -2.04. The fourth-order valence-electron chi connectivity index (χ4n) is 1.33. The molecule has 0 radical (unpaired) electrons. The number of hydrogen-bond acceptors (Lipinski definition) is 2. The number of rotatable bonds is 4. The van der Waals surface area contributed by atoms with Crippen LogP contribution in [0.15, 0.2) is 24.3 Å². The molecule has 1 N–H and O–H groups in total. The van der Waals surface area contributed by atoms with Crippen molar-refractivity contribution < 1.29 is 4.74 Å². The van der Waals surface area contributed by atoms with Gasteiger partial charge in [0, 0.05) is 12.6 Å². The summed E-state index contributed by atoms with van der Waals surface area (Å²) in [4.78, 5) is 0. The molecule has 0 aliphatic heterocycles. The maximum Gasteiger partial charge on any atom is 0.119 e. The van der Waals surface area contributed by atoms with Crippen LogP contribution in [0.1, 0.15) is 18.4 Å². The van der Waals surface area contributed by atoms with E-state index in [1.165, 1.54) is 18.4 Å². The van der Waals surface area contributed by atoms with Crippen LogP contribution >= 0.6 is 0 Å². The SMILES string of the molecule is COc1cccc(CNC2CC2)c1. The molecule has 0 saturated heterocycles. The summed E-state index contributed by atoms with van der Waals surface area (Å²) in [7, 11) is 1.70. The normalized spacial score (nSPS) is 15.8. The van der Waals surface area contributed by atoms with Crippen molar-refractivity contribution in [2.75, 3.05) is 7.11 Å². The standard InChI is InChI=1S/C11H15NO/c1-13-11-4-2-3-9(7-11)8-12-10-5-6-10/h2-4,7,10,12H,5-6,8H2,1H3. The van der Waals surface area contributed by atoms with Gasteiger partial charge in [-0.1, -0.05) is 12.1 Å². The Morgan fingerprint density at radius 3 is 3.00 bits per heavy atom. The van der Waals surface area contributed by atoms with E-state index in [0.717, 1.165) is 18.3 Å². The third-order valence-electron chi connectivity index (χ3n) is 2.31. The van der Waals surface area contributed by atoms with E-state index in [1.807, 2.05) is 12.1 Å². The molecule has 0 amide bonds. The lowest BCUT2D eigenvalue weighted by Crippen LogP contribution is -2.15. The van der Waals surface area contributed by atoms with Crippen molar-refractivity contribution in [1.29, 1.82) is 0 Å². The predicted octanol–water partition coefficient (Wildman–Crippen LogP) is 1.95. The molecule has 0 unspecified atom stereocenters. The van der Waals surface area contributed by atoms with Crippen LogP contribution in [0.3, 0.4) is 0 Å². The van der Waals surface area contributed by atoms with Crippen LogP contribution in [0.25, 0.3) is 0 Å². The molecule has 1 aromatic rings. The Hall–Kier alpha value is -1.02. The highest BCUT2D eigenvalue weighted by Crippen LogP contribution is 2.20. The first-order valence-electron chi connectivity index (χ1n) is 4.75. The van der Waals surface area contributed by atoms with E-state index in [2.05, 4.69) is 17.4 Å². The van der Waals surface area contributed by atoms with Crippen molar-refractivity contribution >= 4 is 0 Å². The highest BCUT2D eigenvalue weighted by atomic mass is 16.5. The van der Waals surface area contributed by atoms with Crippen molar-refractivity contribution in [2.24, 2.45) is 0 Å². The third kappa shape index (κ3) is 2.46. The molecule has 0 bridgehead atoms. The number of ether oxygens (including phenoxy) is 1. The van der Waals surface area contributed by atoms with E-state index in [-0.39, 0.29) is 0 Å². The summed E-state index contributed by atoms with van der Waals surface area (Å²) in [5.41, 5.74) is 1.30. The van der Waals surface area contributed by atoms with Gasteiger partial charge in [-0.05, 0) is 30.5 Å². The first-order valence-corrected chi connectivity index (χ1v) is 4.75. The average molecular weight is 177 g/mol. The van der Waals surface area contributed by atoms with E-state index in [0.29, 0.717) is 0 Å². The first kappa shape index (κ1) is 8.57. The number of nitrogens with one attached hydrogen (secondary N) is 1. The Bertz CT molecular complexity index is 281. The largest absolute Gasteiger partial charge is 0.497 e. The zero-order valence-electron chi connectivity index (χ0n) is 7.92. The number of methoxy groups -OCH3 is 1. The van der Waals surface area contributed by atoms with Gasteiger partial charge in [0.2, 0.25) is 0 Å². The predicted molar refractivity (Wildman–Crippen MR) is 52.9 cm³/mol. The summed E-state index contributed by atoms with van der Waals surface area (Å²) in [5.74, 6) is 0.940. The van der Waals surface area contributed by atoms with Gasteiger partial charge in [-0.2, -0.15) is 0 Å². The Morgan fingerprint density at radius 2 is 2.31 bits per heavy atom. The Balaban J connectivity index is 1.93. The highest BCUT2D eigenvalue weighted by Gasteiger charge is 2.19. The third-order valence-corrected chi connectivity index (χ3v) is 2.31. The van der Waals surface area contributed by atoms with Crippen molar-refractivity contribution in [2.45, 2.75) is 25.4 Å². The zero-order valence-corrected chi connectivity index (χ0v) is 7.92. The van der Waals surface area contributed by atoms with Crippen LogP contribution < -0.4 is 10.1 Å². The van der Waals surface area contributed by atoms with Crippen molar-refractivity contribution in [1.82, 2.24) is 5.32 Å². The molecule has 2 nitrogen and oxygen atoms in total. The molecule has 70 valence electrons. The van der Waals surface area contributed by atoms with Gasteiger partial charge in [0.15, 0.2) is 0 Å². The van der Waals surface area contributed by atoms with Gasteiger partial charge < -0.3 is 10.1 Å². The van der Waals surface area contributed by atoms with Crippen LogP contribution in [-0.4, -0.2) is 13.2 Å². The quantitative estimate of drug-likeness (QED) is 0.759. The van der Waals surface area contributed by atoms with Crippen molar-refractivity contribution in [3.05, 3.63) is 29.8 Å². The summed E-state index contributed by atoms with van der Waals surface area (Å²) in [6.45, 7) is 0.960. The maximum atomic E-state index is 5.15. The second kappa shape index (κ2) is 3.79. The van der Waals surface area contributed by atoms with E-state index in [4.69, 9.17) is 4.74 Å². The lowest BCUT2D eigenvalue weighted by molar-refractivity contribution is 0.414. The van der Waals surface area contributed by atoms with Gasteiger partial charge in [0.25, 0.3) is 0 Å². The van der Waals surface area contributed by atoms with E-state index in [1.54, 1.807) is 7.11 Å². The molecular formula is C11H15NO. The topological polar surface area (TPSA) is 21.3 Å². The van der Waals surface area contributed by atoms with Gasteiger partial charge in [0.1, 0.15) is 5.75 Å². The minimum Gasteiger partial charge on any atom is -0.497 e. The fourth-order valence-corrected chi connectivity index (χ4v) is 1.33. The summed E-state index contributed by atoms with van der Waals surface area (Å²) < 4.78 is 5.15. The average Bonchev–Trinajstić information content (AvgIpc) is 2.99. The molecule has 13 heavy (non-hydrogen) atoms. The highest BCUT2D eigenvalue weighted by molar-refractivity contribution is 5.28. The van der Waals surface area contributed by atoms with E-state index < -0.39 is 0 Å². The minimum atomic E-state index is 0.770. The molecular weight excluding hydrogens is 162 g/mol. The Labute approximate surface area is 78.9 Å². The second-order valence-electron chi connectivity index (χ2n) is 3.51. The molecule has 1 aliphatic carbocycles. The van der Waals surface area contributed by atoms with Crippen LogP contribution in [0.5, 0.6) is 5.75 Å². The van der Waals surface area contributed by atoms with Crippen molar-refractivity contribution in [3.8, 4) is 5.75 Å². The molecule has 1 fully saturated rings. The van der Waals surface area contributed by atoms with Crippen LogP contribution in [-0.2, 0) is 6.54 Å². The Kier molecular flexibility index (Phi) is 2.50. The minimum absolute atomic E-state index is 0.770. The first-order chi connectivity index (χ1) is 6.38. The van der Waals surface area contributed by atoms with Crippen molar-refractivity contribution in [3.63, 3.8) is 0 Å². The molecule has 0 atom stereocenters. The molecule has 1 saturated carbocycles. The summed E-state index contributed by atoms with van der Waals surface area (Å²) >= 11 is 0. The van der Waals surface area contributed by atoms with Gasteiger partial charge in [-0.25, -0.2) is 0 Å². The van der Waals surface area contributed by atoms with E-state index in [9.17, 15) is 0 Å². The molecule has 0 spiro atoms. The van der Waals surface area contributed by atoms with Gasteiger partial charge in [0.05, 0.1) is 7.11 Å². The van der Waals surface area contributed by atoms with E-state index >= 15 is 0 Å². The maximum absolute atomic E-state index is 5.15. The van der Waals surface area contributed by atoms with Gasteiger partial charge in [-0.15, -0.1) is 0 Å². The summed E-state index contributed by atoms with van der Waals surface area (Å²) in [6.07, 6.45) is 2.67. The van der Waals surface area contributed by atoms with Gasteiger partial charge in [-0.3, -0.25) is 0 Å². The number of hydrogen-bond donors (Lipinski definition) is 1. The van der Waals surface area contributed by atoms with Crippen LogP contribution in [0.4, 0.5) is 0 Å². The lowest BCUT2D eigenvalue weighted by atomic mass is 10.2.